The number of aryl methyl sites for hydroxylation is 1. The molecule has 9 heteroatoms. The van der Waals surface area contributed by atoms with Gasteiger partial charge in [0.05, 0.1) is 21.8 Å². The standard InChI is InChI=1S/C29H34N4O4S/c1-5-33(6-2)15-14-30-29(35)27-19(3)26(31-20(27)4)17-24-23-16-22(12-13-25(23)32-28(24)34)38(36,37)18-21-10-8-7-9-11-21/h7-13,16-17,31H,5-6,14-15,18H2,1-4H3,(H,30,35)(H,32,34)/b24-17-. The lowest BCUT2D eigenvalue weighted by Crippen LogP contribution is -2.35. The van der Waals surface area contributed by atoms with Crippen molar-refractivity contribution in [1.29, 1.82) is 0 Å². The number of nitrogens with one attached hydrogen (secondary N) is 3. The Hall–Kier alpha value is -3.69. The molecule has 3 aromatic rings. The topological polar surface area (TPSA) is 111 Å². The minimum absolute atomic E-state index is 0.130. The Morgan fingerprint density at radius 1 is 1.05 bits per heavy atom. The molecular weight excluding hydrogens is 500 g/mol. The Labute approximate surface area is 224 Å². The summed E-state index contributed by atoms with van der Waals surface area (Å²) >= 11 is 0. The second kappa shape index (κ2) is 11.4. The fraction of sp³-hybridized carbons (Fsp3) is 0.310. The zero-order chi connectivity index (χ0) is 27.4. The predicted molar refractivity (Wildman–Crippen MR) is 151 cm³/mol. The Balaban J connectivity index is 1.61. The molecule has 0 fully saturated rings. The summed E-state index contributed by atoms with van der Waals surface area (Å²) in [5.41, 5.74) is 4.71. The number of amides is 2. The lowest BCUT2D eigenvalue weighted by atomic mass is 10.0. The molecule has 3 N–H and O–H groups in total. The minimum atomic E-state index is -3.62. The molecule has 1 aliphatic heterocycles. The molecule has 0 saturated carbocycles. The molecule has 0 aliphatic carbocycles. The van der Waals surface area contributed by atoms with Gasteiger partial charge < -0.3 is 20.5 Å². The highest BCUT2D eigenvalue weighted by Gasteiger charge is 2.28. The first-order chi connectivity index (χ1) is 18.1. The van der Waals surface area contributed by atoms with E-state index in [0.717, 1.165) is 25.2 Å². The highest BCUT2D eigenvalue weighted by atomic mass is 32.2. The van der Waals surface area contributed by atoms with Gasteiger partial charge in [-0.05, 0) is 62.3 Å². The van der Waals surface area contributed by atoms with Crippen molar-refractivity contribution in [3.05, 3.63) is 82.2 Å². The van der Waals surface area contributed by atoms with Gasteiger partial charge in [-0.2, -0.15) is 0 Å². The van der Waals surface area contributed by atoms with E-state index in [9.17, 15) is 18.0 Å². The summed E-state index contributed by atoms with van der Waals surface area (Å²) in [6.45, 7) is 11.0. The number of anilines is 1. The lowest BCUT2D eigenvalue weighted by Gasteiger charge is -2.18. The SMILES string of the molecule is CCN(CC)CCNC(=O)c1c(C)[nH]c(/C=C2\C(=O)Nc3ccc(S(=O)(=O)Cc4ccccc4)cc32)c1C. The first-order valence-corrected chi connectivity index (χ1v) is 14.4. The van der Waals surface area contributed by atoms with E-state index >= 15 is 0 Å². The Morgan fingerprint density at radius 2 is 1.76 bits per heavy atom. The van der Waals surface area contributed by atoms with Crippen molar-refractivity contribution in [1.82, 2.24) is 15.2 Å². The van der Waals surface area contributed by atoms with Crippen molar-refractivity contribution in [2.45, 2.75) is 38.3 Å². The van der Waals surface area contributed by atoms with Crippen LogP contribution in [0.15, 0.2) is 53.4 Å². The second-order valence-corrected chi connectivity index (χ2v) is 11.4. The lowest BCUT2D eigenvalue weighted by molar-refractivity contribution is -0.110. The smallest absolute Gasteiger partial charge is 0.256 e. The van der Waals surface area contributed by atoms with Gasteiger partial charge in [0.15, 0.2) is 9.84 Å². The average molecular weight is 535 g/mol. The molecule has 1 aliphatic rings. The summed E-state index contributed by atoms with van der Waals surface area (Å²) in [6, 6.07) is 13.7. The molecule has 38 heavy (non-hydrogen) atoms. The normalized spacial score (nSPS) is 14.1. The molecule has 8 nitrogen and oxygen atoms in total. The molecule has 0 unspecified atom stereocenters. The third-order valence-electron chi connectivity index (χ3n) is 6.93. The number of nitrogens with zero attached hydrogens (tertiary/aromatic N) is 1. The van der Waals surface area contributed by atoms with Crippen LogP contribution in [0.25, 0.3) is 11.6 Å². The number of rotatable bonds is 10. The summed E-state index contributed by atoms with van der Waals surface area (Å²) in [4.78, 5) is 31.4. The number of likely N-dealkylation sites (N-methyl/N-ethyl adjacent to an activating group) is 1. The number of carbonyl (C=O) groups excluding carboxylic acids is 2. The van der Waals surface area contributed by atoms with Crippen LogP contribution in [0.4, 0.5) is 5.69 Å². The van der Waals surface area contributed by atoms with Gasteiger partial charge in [0.1, 0.15) is 0 Å². The van der Waals surface area contributed by atoms with Gasteiger partial charge in [0.2, 0.25) is 0 Å². The molecule has 0 atom stereocenters. The van der Waals surface area contributed by atoms with Gasteiger partial charge >= 0.3 is 0 Å². The van der Waals surface area contributed by atoms with E-state index in [1.807, 2.05) is 19.9 Å². The molecule has 0 radical (unpaired) electrons. The number of sulfone groups is 1. The van der Waals surface area contributed by atoms with Crippen LogP contribution in [0, 0.1) is 13.8 Å². The van der Waals surface area contributed by atoms with Crippen LogP contribution in [0.3, 0.4) is 0 Å². The van der Waals surface area contributed by atoms with Gasteiger partial charge in [0, 0.05) is 35.7 Å². The van der Waals surface area contributed by atoms with Crippen molar-refractivity contribution in [3.63, 3.8) is 0 Å². The number of carbonyl (C=O) groups is 2. The number of hydrogen-bond acceptors (Lipinski definition) is 5. The molecule has 0 spiro atoms. The van der Waals surface area contributed by atoms with E-state index in [2.05, 4.69) is 34.4 Å². The van der Waals surface area contributed by atoms with Gasteiger partial charge in [-0.3, -0.25) is 9.59 Å². The Bertz CT molecular complexity index is 1490. The highest BCUT2D eigenvalue weighted by molar-refractivity contribution is 7.90. The molecule has 0 bridgehead atoms. The van der Waals surface area contributed by atoms with E-state index in [-0.39, 0.29) is 22.5 Å². The molecule has 2 amide bonds. The Morgan fingerprint density at radius 3 is 2.45 bits per heavy atom. The second-order valence-electron chi connectivity index (χ2n) is 9.41. The number of aromatic amines is 1. The average Bonchev–Trinajstić information content (AvgIpc) is 3.36. The minimum Gasteiger partial charge on any atom is -0.358 e. The monoisotopic (exact) mass is 534 g/mol. The molecule has 4 rings (SSSR count). The summed E-state index contributed by atoms with van der Waals surface area (Å²) in [6.07, 6.45) is 1.68. The molecule has 0 saturated heterocycles. The van der Waals surface area contributed by atoms with E-state index in [4.69, 9.17) is 0 Å². The number of aromatic nitrogens is 1. The van der Waals surface area contributed by atoms with Crippen LogP contribution in [-0.2, 0) is 20.4 Å². The van der Waals surface area contributed by atoms with Gasteiger partial charge in [-0.15, -0.1) is 0 Å². The number of H-pyrrole nitrogens is 1. The third kappa shape index (κ3) is 5.74. The maximum Gasteiger partial charge on any atom is 0.256 e. The number of fused-ring (bicyclic) bond motifs is 1. The van der Waals surface area contributed by atoms with Crippen molar-refractivity contribution in [2.75, 3.05) is 31.5 Å². The summed E-state index contributed by atoms with van der Waals surface area (Å²) < 4.78 is 26.2. The van der Waals surface area contributed by atoms with Crippen LogP contribution in [-0.4, -0.2) is 56.3 Å². The van der Waals surface area contributed by atoms with Crippen LogP contribution in [0.2, 0.25) is 0 Å². The van der Waals surface area contributed by atoms with Crippen molar-refractivity contribution >= 4 is 39.0 Å². The van der Waals surface area contributed by atoms with Crippen LogP contribution < -0.4 is 10.6 Å². The van der Waals surface area contributed by atoms with Crippen LogP contribution >= 0.6 is 0 Å². The maximum absolute atomic E-state index is 13.1. The first-order valence-electron chi connectivity index (χ1n) is 12.8. The van der Waals surface area contributed by atoms with Crippen molar-refractivity contribution in [3.8, 4) is 0 Å². The third-order valence-corrected chi connectivity index (χ3v) is 8.62. The van der Waals surface area contributed by atoms with Gasteiger partial charge in [-0.25, -0.2) is 8.42 Å². The zero-order valence-corrected chi connectivity index (χ0v) is 23.0. The molecular formula is C29H34N4O4S. The Kier molecular flexibility index (Phi) is 8.18. The number of benzene rings is 2. The fourth-order valence-electron chi connectivity index (χ4n) is 4.74. The van der Waals surface area contributed by atoms with Gasteiger partial charge in [0.25, 0.3) is 11.8 Å². The largest absolute Gasteiger partial charge is 0.358 e. The van der Waals surface area contributed by atoms with Crippen LogP contribution in [0.5, 0.6) is 0 Å². The first kappa shape index (κ1) is 27.3. The summed E-state index contributed by atoms with van der Waals surface area (Å²) in [5.74, 6) is -0.623. The van der Waals surface area contributed by atoms with E-state index in [1.54, 1.807) is 42.5 Å². The van der Waals surface area contributed by atoms with Crippen molar-refractivity contribution in [2.24, 2.45) is 0 Å². The molecule has 2 aromatic carbocycles. The van der Waals surface area contributed by atoms with Crippen LogP contribution in [0.1, 0.15) is 52.3 Å². The zero-order valence-electron chi connectivity index (χ0n) is 22.2. The quantitative estimate of drug-likeness (QED) is 0.338. The molecule has 200 valence electrons. The highest BCUT2D eigenvalue weighted by Crippen LogP contribution is 2.36. The van der Waals surface area contributed by atoms with E-state index in [0.29, 0.717) is 45.9 Å². The molecule has 1 aromatic heterocycles. The fourth-order valence-corrected chi connectivity index (χ4v) is 6.11. The summed E-state index contributed by atoms with van der Waals surface area (Å²) in [7, 11) is -3.62. The van der Waals surface area contributed by atoms with E-state index in [1.165, 1.54) is 6.07 Å². The molecule has 2 heterocycles. The predicted octanol–water partition coefficient (Wildman–Crippen LogP) is 4.17. The van der Waals surface area contributed by atoms with Gasteiger partial charge in [-0.1, -0.05) is 44.2 Å². The summed E-state index contributed by atoms with van der Waals surface area (Å²) in [5, 5.41) is 5.80. The maximum atomic E-state index is 13.1. The van der Waals surface area contributed by atoms with E-state index < -0.39 is 9.84 Å². The van der Waals surface area contributed by atoms with Crippen molar-refractivity contribution < 1.29 is 18.0 Å². The number of hydrogen-bond donors (Lipinski definition) is 3.